The van der Waals surface area contributed by atoms with Crippen LogP contribution in [0, 0.1) is 5.82 Å². The third-order valence-corrected chi connectivity index (χ3v) is 7.42. The van der Waals surface area contributed by atoms with Gasteiger partial charge in [0, 0.05) is 18.0 Å². The van der Waals surface area contributed by atoms with Crippen molar-refractivity contribution in [1.82, 2.24) is 9.97 Å². The van der Waals surface area contributed by atoms with Gasteiger partial charge in [0.25, 0.3) is 0 Å². The summed E-state index contributed by atoms with van der Waals surface area (Å²) in [6.45, 7) is 4.46. The highest BCUT2D eigenvalue weighted by atomic mass is 19.1. The minimum atomic E-state index is -0.587. The lowest BCUT2D eigenvalue weighted by Gasteiger charge is -2.08. The van der Waals surface area contributed by atoms with E-state index >= 15 is 0 Å². The second kappa shape index (κ2) is 18.3. The summed E-state index contributed by atoms with van der Waals surface area (Å²) in [7, 11) is 0. The van der Waals surface area contributed by atoms with Gasteiger partial charge in [-0.2, -0.15) is 0 Å². The molecule has 0 radical (unpaired) electrons. The minimum absolute atomic E-state index is 0.0442. The van der Waals surface area contributed by atoms with Gasteiger partial charge >= 0.3 is 5.97 Å². The van der Waals surface area contributed by atoms with E-state index in [0.29, 0.717) is 11.4 Å². The van der Waals surface area contributed by atoms with Crippen molar-refractivity contribution < 1.29 is 13.9 Å². The summed E-state index contributed by atoms with van der Waals surface area (Å²) in [5.41, 5.74) is 3.25. The normalized spacial score (nSPS) is 11.1. The molecule has 0 spiro atoms. The van der Waals surface area contributed by atoms with E-state index in [1.807, 2.05) is 18.5 Å². The molecule has 0 bridgehead atoms. The number of halogens is 1. The Hall–Kier alpha value is -3.08. The van der Waals surface area contributed by atoms with Crippen LogP contribution in [0.15, 0.2) is 54.9 Å². The molecule has 0 amide bonds. The summed E-state index contributed by atoms with van der Waals surface area (Å²) in [6, 6.07) is 11.8. The number of aromatic nitrogens is 2. The number of ether oxygens (including phenoxy) is 1. The van der Waals surface area contributed by atoms with E-state index in [0.717, 1.165) is 48.8 Å². The average molecular weight is 547 g/mol. The van der Waals surface area contributed by atoms with Crippen molar-refractivity contribution >= 4 is 5.97 Å². The molecule has 2 aromatic carbocycles. The zero-order chi connectivity index (χ0) is 28.4. The SMILES string of the molecule is CCCCCCCCCc1cnc(-c2ccc(C(=O)Oc3ccc(CCCCCCCCC)cc3F)cc2)nc1. The number of unbranched alkanes of at least 4 members (excludes halogenated alkanes) is 12. The van der Waals surface area contributed by atoms with Gasteiger partial charge < -0.3 is 4.74 Å². The Morgan fingerprint density at radius 2 is 1.20 bits per heavy atom. The number of carbonyl (C=O) groups is 1. The summed E-state index contributed by atoms with van der Waals surface area (Å²) >= 11 is 0. The third-order valence-electron chi connectivity index (χ3n) is 7.42. The van der Waals surface area contributed by atoms with E-state index in [-0.39, 0.29) is 5.75 Å². The van der Waals surface area contributed by atoms with Crippen LogP contribution < -0.4 is 4.74 Å². The molecule has 5 heteroatoms. The van der Waals surface area contributed by atoms with Crippen LogP contribution in [0.25, 0.3) is 11.4 Å². The van der Waals surface area contributed by atoms with Crippen molar-refractivity contribution in [3.05, 3.63) is 77.4 Å². The lowest BCUT2D eigenvalue weighted by atomic mass is 10.0. The predicted molar refractivity (Wildman–Crippen MR) is 162 cm³/mol. The van der Waals surface area contributed by atoms with Gasteiger partial charge in [-0.05, 0) is 61.1 Å². The Labute approximate surface area is 240 Å². The largest absolute Gasteiger partial charge is 0.420 e. The molecular weight excluding hydrogens is 499 g/mol. The number of rotatable bonds is 19. The fraction of sp³-hybridized carbons (Fsp3) is 0.514. The zero-order valence-corrected chi connectivity index (χ0v) is 24.6. The maximum atomic E-state index is 14.6. The summed E-state index contributed by atoms with van der Waals surface area (Å²) in [5, 5.41) is 0. The van der Waals surface area contributed by atoms with Crippen molar-refractivity contribution in [2.75, 3.05) is 0 Å². The molecule has 40 heavy (non-hydrogen) atoms. The average Bonchev–Trinajstić information content (AvgIpc) is 2.98. The van der Waals surface area contributed by atoms with Crippen molar-refractivity contribution in [2.24, 2.45) is 0 Å². The topological polar surface area (TPSA) is 52.1 Å². The van der Waals surface area contributed by atoms with Crippen LogP contribution >= 0.6 is 0 Å². The van der Waals surface area contributed by atoms with Gasteiger partial charge in [-0.25, -0.2) is 19.2 Å². The molecule has 0 aliphatic rings. The highest BCUT2D eigenvalue weighted by Crippen LogP contribution is 2.22. The fourth-order valence-electron chi connectivity index (χ4n) is 4.90. The van der Waals surface area contributed by atoms with Crippen LogP contribution in [-0.4, -0.2) is 15.9 Å². The van der Waals surface area contributed by atoms with Crippen molar-refractivity contribution in [3.8, 4) is 17.1 Å². The number of nitrogens with zero attached hydrogens (tertiary/aromatic N) is 2. The van der Waals surface area contributed by atoms with Gasteiger partial charge in [-0.1, -0.05) is 109 Å². The second-order valence-electron chi connectivity index (χ2n) is 10.9. The first-order valence-electron chi connectivity index (χ1n) is 15.5. The van der Waals surface area contributed by atoms with Crippen LogP contribution in [0.1, 0.15) is 125 Å². The summed E-state index contributed by atoms with van der Waals surface area (Å²) in [6.07, 6.45) is 23.2. The summed E-state index contributed by atoms with van der Waals surface area (Å²) in [4.78, 5) is 21.7. The lowest BCUT2D eigenvalue weighted by Crippen LogP contribution is -2.09. The monoisotopic (exact) mass is 546 g/mol. The molecule has 0 aliphatic heterocycles. The molecule has 0 aliphatic carbocycles. The van der Waals surface area contributed by atoms with Gasteiger partial charge in [0.05, 0.1) is 5.56 Å². The number of hydrogen-bond donors (Lipinski definition) is 0. The maximum Gasteiger partial charge on any atom is 0.343 e. The first kappa shape index (κ1) is 31.4. The number of esters is 1. The first-order valence-corrected chi connectivity index (χ1v) is 15.5. The molecule has 0 saturated carbocycles. The molecule has 0 N–H and O–H groups in total. The number of aryl methyl sites for hydroxylation is 2. The molecule has 3 aromatic rings. The zero-order valence-electron chi connectivity index (χ0n) is 24.6. The van der Waals surface area contributed by atoms with Crippen LogP contribution in [0.4, 0.5) is 4.39 Å². The van der Waals surface area contributed by atoms with Crippen LogP contribution in [0.5, 0.6) is 5.75 Å². The first-order chi connectivity index (χ1) is 19.6. The second-order valence-corrected chi connectivity index (χ2v) is 10.9. The molecule has 0 saturated heterocycles. The molecule has 216 valence electrons. The van der Waals surface area contributed by atoms with E-state index < -0.39 is 11.8 Å². The summed E-state index contributed by atoms with van der Waals surface area (Å²) < 4.78 is 20.0. The van der Waals surface area contributed by atoms with Crippen molar-refractivity contribution in [2.45, 2.75) is 117 Å². The summed E-state index contributed by atoms with van der Waals surface area (Å²) in [5.74, 6) is -0.519. The van der Waals surface area contributed by atoms with E-state index in [1.54, 1.807) is 30.3 Å². The molecule has 0 fully saturated rings. The Bertz CT molecular complexity index is 1130. The van der Waals surface area contributed by atoms with E-state index in [2.05, 4.69) is 23.8 Å². The Balaban J connectivity index is 1.43. The molecule has 1 aromatic heterocycles. The third kappa shape index (κ3) is 11.2. The molecule has 0 atom stereocenters. The molecular formula is C35H47FN2O2. The highest BCUT2D eigenvalue weighted by molar-refractivity contribution is 5.91. The molecule has 3 rings (SSSR count). The van der Waals surface area contributed by atoms with E-state index in [1.165, 1.54) is 76.7 Å². The van der Waals surface area contributed by atoms with Crippen LogP contribution in [-0.2, 0) is 12.8 Å². The van der Waals surface area contributed by atoms with Gasteiger partial charge in [-0.15, -0.1) is 0 Å². The van der Waals surface area contributed by atoms with Gasteiger partial charge in [0.1, 0.15) is 0 Å². The lowest BCUT2D eigenvalue weighted by molar-refractivity contribution is 0.0728. The standard InChI is InChI=1S/C35H47FN2O2/c1-3-5-7-9-11-13-15-17-28-19-24-33(32(36)25-28)40-35(39)31-22-20-30(21-23-31)34-37-26-29(27-38-34)18-16-14-12-10-8-6-4-2/h19-27H,3-18H2,1-2H3. The fourth-order valence-corrected chi connectivity index (χ4v) is 4.90. The van der Waals surface area contributed by atoms with Gasteiger partial charge in [0.15, 0.2) is 17.4 Å². The highest BCUT2D eigenvalue weighted by Gasteiger charge is 2.13. The molecule has 1 heterocycles. The maximum absolute atomic E-state index is 14.6. The predicted octanol–water partition coefficient (Wildman–Crippen LogP) is 10.1. The number of benzene rings is 2. The van der Waals surface area contributed by atoms with Gasteiger partial charge in [0.2, 0.25) is 0 Å². The van der Waals surface area contributed by atoms with Crippen LogP contribution in [0.2, 0.25) is 0 Å². The smallest absolute Gasteiger partial charge is 0.343 e. The quantitative estimate of drug-likeness (QED) is 0.0852. The Kier molecular flexibility index (Phi) is 14.4. The van der Waals surface area contributed by atoms with E-state index in [9.17, 15) is 9.18 Å². The molecule has 0 unspecified atom stereocenters. The van der Waals surface area contributed by atoms with E-state index in [4.69, 9.17) is 4.74 Å². The van der Waals surface area contributed by atoms with Crippen molar-refractivity contribution in [1.29, 1.82) is 0 Å². The Morgan fingerprint density at radius 1 is 0.675 bits per heavy atom. The van der Waals surface area contributed by atoms with Crippen LogP contribution in [0.3, 0.4) is 0 Å². The number of hydrogen-bond acceptors (Lipinski definition) is 4. The van der Waals surface area contributed by atoms with Crippen molar-refractivity contribution in [3.63, 3.8) is 0 Å². The molecule has 4 nitrogen and oxygen atoms in total. The minimum Gasteiger partial charge on any atom is -0.420 e. The number of carbonyl (C=O) groups excluding carboxylic acids is 1. The Morgan fingerprint density at radius 3 is 1.75 bits per heavy atom. The van der Waals surface area contributed by atoms with Gasteiger partial charge in [-0.3, -0.25) is 0 Å².